The smallest absolute Gasteiger partial charge is 0.259 e. The summed E-state index contributed by atoms with van der Waals surface area (Å²) in [4.78, 5) is 8.53. The van der Waals surface area contributed by atoms with Crippen molar-refractivity contribution in [3.8, 4) is 5.88 Å². The minimum Gasteiger partial charge on any atom is -0.475 e. The third kappa shape index (κ3) is 2.28. The third-order valence-electron chi connectivity index (χ3n) is 2.79. The third-order valence-corrected chi connectivity index (χ3v) is 3.18. The molecule has 2 aromatic rings. The van der Waals surface area contributed by atoms with E-state index in [9.17, 15) is 0 Å². The van der Waals surface area contributed by atoms with Gasteiger partial charge < -0.3 is 9.47 Å². The fraction of sp³-hybridized carbons (Fsp3) is 0.455. The summed E-state index contributed by atoms with van der Waals surface area (Å²) in [5.74, 6) is 1.03. The molecule has 1 fully saturated rings. The van der Waals surface area contributed by atoms with Crippen LogP contribution in [0.3, 0.4) is 0 Å². The lowest BCUT2D eigenvalue weighted by Crippen LogP contribution is -2.13. The molecule has 0 saturated carbocycles. The number of ether oxygens (including phenoxy) is 2. The summed E-state index contributed by atoms with van der Waals surface area (Å²) in [5.41, 5.74) is 0.743. The second kappa shape index (κ2) is 4.62. The van der Waals surface area contributed by atoms with E-state index in [0.717, 1.165) is 29.9 Å². The molecular weight excluding hydrogens is 286 g/mol. The monoisotopic (exact) mass is 297 g/mol. The molecule has 90 valence electrons. The van der Waals surface area contributed by atoms with Gasteiger partial charge in [-0.15, -0.1) is 0 Å². The molecule has 0 aliphatic carbocycles. The van der Waals surface area contributed by atoms with Gasteiger partial charge in [-0.05, 0) is 22.4 Å². The van der Waals surface area contributed by atoms with Crippen molar-refractivity contribution < 1.29 is 9.47 Å². The fourth-order valence-electron chi connectivity index (χ4n) is 1.88. The summed E-state index contributed by atoms with van der Waals surface area (Å²) in [6, 6.07) is 0. The van der Waals surface area contributed by atoms with Crippen molar-refractivity contribution in [2.24, 2.45) is 5.92 Å². The van der Waals surface area contributed by atoms with E-state index in [4.69, 9.17) is 9.47 Å². The van der Waals surface area contributed by atoms with E-state index in [0.29, 0.717) is 18.4 Å². The van der Waals surface area contributed by atoms with E-state index < -0.39 is 0 Å². The van der Waals surface area contributed by atoms with Crippen molar-refractivity contribution in [1.82, 2.24) is 14.4 Å². The van der Waals surface area contributed by atoms with Gasteiger partial charge in [-0.25, -0.2) is 9.97 Å². The van der Waals surface area contributed by atoms with Crippen molar-refractivity contribution in [3.05, 3.63) is 23.2 Å². The number of rotatable bonds is 3. The Bertz CT molecular complexity index is 522. The minimum atomic E-state index is 0.464. The number of halogens is 1. The molecule has 0 bridgehead atoms. The average Bonchev–Trinajstić information content (AvgIpc) is 2.95. The van der Waals surface area contributed by atoms with Gasteiger partial charge in [0.1, 0.15) is 4.60 Å². The molecule has 3 rings (SSSR count). The summed E-state index contributed by atoms with van der Waals surface area (Å²) >= 11 is 3.36. The molecule has 17 heavy (non-hydrogen) atoms. The lowest BCUT2D eigenvalue weighted by atomic mass is 10.1. The van der Waals surface area contributed by atoms with Crippen LogP contribution in [0, 0.1) is 5.92 Å². The van der Waals surface area contributed by atoms with Crippen molar-refractivity contribution in [3.63, 3.8) is 0 Å². The standard InChI is InChI=1S/C11H12BrN3O2/c12-9-5-15-3-2-13-10(15)11(14-9)17-7-8-1-4-16-6-8/h2-3,5,8H,1,4,6-7H2. The van der Waals surface area contributed by atoms with E-state index in [1.165, 1.54) is 0 Å². The Labute approximate surface area is 107 Å². The van der Waals surface area contributed by atoms with Crippen LogP contribution in [-0.2, 0) is 4.74 Å². The van der Waals surface area contributed by atoms with Crippen LogP contribution in [0.15, 0.2) is 23.2 Å². The highest BCUT2D eigenvalue weighted by Crippen LogP contribution is 2.21. The van der Waals surface area contributed by atoms with Crippen molar-refractivity contribution in [1.29, 1.82) is 0 Å². The van der Waals surface area contributed by atoms with Crippen LogP contribution in [0.2, 0.25) is 0 Å². The summed E-state index contributed by atoms with van der Waals surface area (Å²) < 4.78 is 13.7. The Morgan fingerprint density at radius 2 is 2.53 bits per heavy atom. The number of hydrogen-bond acceptors (Lipinski definition) is 4. The van der Waals surface area contributed by atoms with E-state index >= 15 is 0 Å². The van der Waals surface area contributed by atoms with Gasteiger partial charge in [0.2, 0.25) is 5.65 Å². The first-order valence-electron chi connectivity index (χ1n) is 5.52. The molecule has 0 radical (unpaired) electrons. The van der Waals surface area contributed by atoms with E-state index in [1.54, 1.807) is 6.20 Å². The zero-order valence-electron chi connectivity index (χ0n) is 9.17. The van der Waals surface area contributed by atoms with Gasteiger partial charge in [-0.2, -0.15) is 0 Å². The highest BCUT2D eigenvalue weighted by Gasteiger charge is 2.17. The van der Waals surface area contributed by atoms with Gasteiger partial charge in [0.05, 0.1) is 13.2 Å². The number of aromatic nitrogens is 3. The Balaban J connectivity index is 1.81. The summed E-state index contributed by atoms with van der Waals surface area (Å²) in [7, 11) is 0. The number of imidazole rings is 1. The predicted molar refractivity (Wildman–Crippen MR) is 65.1 cm³/mol. The highest BCUT2D eigenvalue weighted by molar-refractivity contribution is 9.10. The second-order valence-corrected chi connectivity index (χ2v) is 4.88. The molecule has 0 spiro atoms. The van der Waals surface area contributed by atoms with Gasteiger partial charge in [-0.3, -0.25) is 4.40 Å². The average molecular weight is 298 g/mol. The summed E-state index contributed by atoms with van der Waals surface area (Å²) in [6.45, 7) is 2.24. The lowest BCUT2D eigenvalue weighted by molar-refractivity contribution is 0.166. The van der Waals surface area contributed by atoms with Crippen LogP contribution in [0.4, 0.5) is 0 Å². The summed E-state index contributed by atoms with van der Waals surface area (Å²) in [5, 5.41) is 0. The molecule has 6 heteroatoms. The molecular formula is C11H12BrN3O2. The van der Waals surface area contributed by atoms with Gasteiger partial charge >= 0.3 is 0 Å². The molecule has 1 aliphatic rings. The number of hydrogen-bond donors (Lipinski definition) is 0. The number of nitrogens with zero attached hydrogens (tertiary/aromatic N) is 3. The van der Waals surface area contributed by atoms with Crippen LogP contribution in [0.25, 0.3) is 5.65 Å². The van der Waals surface area contributed by atoms with Crippen LogP contribution in [0.1, 0.15) is 6.42 Å². The maximum absolute atomic E-state index is 5.74. The normalized spacial score (nSPS) is 19.9. The van der Waals surface area contributed by atoms with Gasteiger partial charge in [-0.1, -0.05) is 0 Å². The maximum Gasteiger partial charge on any atom is 0.259 e. The molecule has 2 aromatic heterocycles. The first-order valence-corrected chi connectivity index (χ1v) is 6.32. The molecule has 0 amide bonds. The number of fused-ring (bicyclic) bond motifs is 1. The fourth-order valence-corrected chi connectivity index (χ4v) is 2.26. The van der Waals surface area contributed by atoms with Crippen LogP contribution < -0.4 is 4.74 Å². The Hall–Kier alpha value is -1.14. The SMILES string of the molecule is Brc1cn2ccnc2c(OCC2CCOC2)n1. The highest BCUT2D eigenvalue weighted by atomic mass is 79.9. The Kier molecular flexibility index (Phi) is 2.98. The Morgan fingerprint density at radius 3 is 3.35 bits per heavy atom. The first-order chi connectivity index (χ1) is 8.33. The van der Waals surface area contributed by atoms with Gasteiger partial charge in [0.15, 0.2) is 0 Å². The molecule has 1 unspecified atom stereocenters. The lowest BCUT2D eigenvalue weighted by Gasteiger charge is -2.10. The second-order valence-electron chi connectivity index (χ2n) is 4.07. The molecule has 1 aliphatic heterocycles. The molecule has 1 saturated heterocycles. The zero-order valence-corrected chi connectivity index (χ0v) is 10.8. The van der Waals surface area contributed by atoms with Gasteiger partial charge in [0.25, 0.3) is 5.88 Å². The van der Waals surface area contributed by atoms with E-state index in [2.05, 4.69) is 25.9 Å². The molecule has 1 atom stereocenters. The van der Waals surface area contributed by atoms with Crippen molar-refractivity contribution in [2.75, 3.05) is 19.8 Å². The maximum atomic E-state index is 5.74. The first kappa shape index (κ1) is 11.0. The molecule has 5 nitrogen and oxygen atoms in total. The van der Waals surface area contributed by atoms with E-state index in [-0.39, 0.29) is 0 Å². The molecule has 0 aromatic carbocycles. The van der Waals surface area contributed by atoms with Crippen LogP contribution in [-0.4, -0.2) is 34.2 Å². The molecule has 0 N–H and O–H groups in total. The molecule has 3 heterocycles. The minimum absolute atomic E-state index is 0.464. The van der Waals surface area contributed by atoms with Gasteiger partial charge in [0, 0.05) is 31.1 Å². The predicted octanol–water partition coefficient (Wildman–Crippen LogP) is 1.91. The Morgan fingerprint density at radius 1 is 1.59 bits per heavy atom. The van der Waals surface area contributed by atoms with Crippen molar-refractivity contribution in [2.45, 2.75) is 6.42 Å². The van der Waals surface area contributed by atoms with E-state index in [1.807, 2.05) is 16.8 Å². The van der Waals surface area contributed by atoms with Crippen molar-refractivity contribution >= 4 is 21.6 Å². The topological polar surface area (TPSA) is 48.7 Å². The largest absolute Gasteiger partial charge is 0.475 e. The zero-order chi connectivity index (χ0) is 11.7. The quantitative estimate of drug-likeness (QED) is 0.868. The van der Waals surface area contributed by atoms with Crippen LogP contribution >= 0.6 is 15.9 Å². The summed E-state index contributed by atoms with van der Waals surface area (Å²) in [6.07, 6.45) is 6.51. The van der Waals surface area contributed by atoms with Crippen LogP contribution in [0.5, 0.6) is 5.88 Å².